The number of methoxy groups -OCH3 is 1. The van der Waals surface area contributed by atoms with Crippen LogP contribution in [0.5, 0.6) is 0 Å². The minimum Gasteiger partial charge on any atom is -0.378 e. The van der Waals surface area contributed by atoms with Crippen molar-refractivity contribution in [3.05, 3.63) is 11.9 Å². The van der Waals surface area contributed by atoms with Crippen molar-refractivity contribution in [2.75, 3.05) is 27.2 Å². The third kappa shape index (κ3) is 3.03. The monoisotopic (exact) mass is 302 g/mol. The van der Waals surface area contributed by atoms with E-state index in [-0.39, 0.29) is 17.0 Å². The van der Waals surface area contributed by atoms with Crippen LogP contribution in [-0.4, -0.2) is 62.5 Å². The molecule has 0 amide bonds. The Bertz CT molecular complexity index is 569. The Labute approximate surface area is 120 Å². The van der Waals surface area contributed by atoms with E-state index in [0.717, 1.165) is 6.54 Å². The van der Waals surface area contributed by atoms with Gasteiger partial charge in [-0.1, -0.05) is 0 Å². The standard InChI is InChI=1S/C12H22N4O3S/c1-5-16-8-12(9(2)13-16)20(17,18)14-10-6-15(3)7-11(10)19-4/h8,10-11,14H,5-7H2,1-4H3. The molecule has 1 fully saturated rings. The van der Waals surface area contributed by atoms with E-state index in [9.17, 15) is 8.42 Å². The zero-order valence-corrected chi connectivity index (χ0v) is 13.1. The fourth-order valence-electron chi connectivity index (χ4n) is 2.50. The number of aryl methyl sites for hydroxylation is 2. The maximum absolute atomic E-state index is 12.5. The van der Waals surface area contributed by atoms with Crippen LogP contribution in [0.15, 0.2) is 11.1 Å². The number of likely N-dealkylation sites (tertiary alicyclic amines) is 1. The fourth-order valence-corrected chi connectivity index (χ4v) is 3.94. The van der Waals surface area contributed by atoms with E-state index in [2.05, 4.69) is 9.82 Å². The molecule has 8 heteroatoms. The molecule has 0 saturated carbocycles. The Hall–Kier alpha value is -0.960. The largest absolute Gasteiger partial charge is 0.378 e. The van der Waals surface area contributed by atoms with Crippen LogP contribution in [0.25, 0.3) is 0 Å². The smallest absolute Gasteiger partial charge is 0.244 e. The summed E-state index contributed by atoms with van der Waals surface area (Å²) in [4.78, 5) is 2.28. The summed E-state index contributed by atoms with van der Waals surface area (Å²) in [6.45, 7) is 5.62. The van der Waals surface area contributed by atoms with Gasteiger partial charge < -0.3 is 9.64 Å². The Kier molecular flexibility index (Phi) is 4.48. The van der Waals surface area contributed by atoms with Gasteiger partial charge in [-0.15, -0.1) is 0 Å². The lowest BCUT2D eigenvalue weighted by Gasteiger charge is -2.18. The first-order valence-corrected chi connectivity index (χ1v) is 8.13. The van der Waals surface area contributed by atoms with Crippen LogP contribution in [0.2, 0.25) is 0 Å². The van der Waals surface area contributed by atoms with Crippen molar-refractivity contribution in [3.63, 3.8) is 0 Å². The first-order chi connectivity index (χ1) is 9.37. The summed E-state index contributed by atoms with van der Waals surface area (Å²) in [6.07, 6.45) is 1.44. The van der Waals surface area contributed by atoms with E-state index in [1.165, 1.54) is 0 Å². The Morgan fingerprint density at radius 2 is 2.20 bits per heavy atom. The molecule has 0 radical (unpaired) electrons. The highest BCUT2D eigenvalue weighted by Crippen LogP contribution is 2.17. The van der Waals surface area contributed by atoms with Crippen LogP contribution >= 0.6 is 0 Å². The summed E-state index contributed by atoms with van der Waals surface area (Å²) >= 11 is 0. The molecule has 1 aliphatic heterocycles. The number of hydrogen-bond donors (Lipinski definition) is 1. The molecule has 114 valence electrons. The molecule has 1 N–H and O–H groups in total. The van der Waals surface area contributed by atoms with E-state index < -0.39 is 10.0 Å². The molecule has 1 saturated heterocycles. The van der Waals surface area contributed by atoms with Gasteiger partial charge in [0.05, 0.1) is 17.8 Å². The number of nitrogens with zero attached hydrogens (tertiary/aromatic N) is 3. The molecule has 2 heterocycles. The first-order valence-electron chi connectivity index (χ1n) is 6.65. The number of nitrogens with one attached hydrogen (secondary N) is 1. The predicted molar refractivity (Wildman–Crippen MR) is 75.0 cm³/mol. The Morgan fingerprint density at radius 1 is 1.50 bits per heavy atom. The van der Waals surface area contributed by atoms with Crippen molar-refractivity contribution < 1.29 is 13.2 Å². The van der Waals surface area contributed by atoms with E-state index >= 15 is 0 Å². The van der Waals surface area contributed by atoms with Crippen LogP contribution in [0.4, 0.5) is 0 Å². The van der Waals surface area contributed by atoms with Crippen molar-refractivity contribution in [1.29, 1.82) is 0 Å². The van der Waals surface area contributed by atoms with Crippen molar-refractivity contribution in [1.82, 2.24) is 19.4 Å². The third-order valence-electron chi connectivity index (χ3n) is 3.57. The molecule has 1 aliphatic rings. The Balaban J connectivity index is 2.20. The van der Waals surface area contributed by atoms with E-state index in [1.807, 2.05) is 18.9 Å². The fraction of sp³-hybridized carbons (Fsp3) is 0.750. The molecule has 0 spiro atoms. The number of likely N-dealkylation sites (N-methyl/N-ethyl adjacent to an activating group) is 1. The quantitative estimate of drug-likeness (QED) is 0.816. The van der Waals surface area contributed by atoms with Crippen molar-refractivity contribution in [2.45, 2.75) is 37.4 Å². The minimum absolute atomic E-state index is 0.128. The minimum atomic E-state index is -3.57. The highest BCUT2D eigenvalue weighted by molar-refractivity contribution is 7.89. The van der Waals surface area contributed by atoms with E-state index in [1.54, 1.807) is 24.9 Å². The molecule has 2 atom stereocenters. The second-order valence-corrected chi connectivity index (χ2v) is 6.84. The van der Waals surface area contributed by atoms with Crippen LogP contribution < -0.4 is 4.72 Å². The molecule has 7 nitrogen and oxygen atoms in total. The number of ether oxygens (including phenoxy) is 1. The molecular weight excluding hydrogens is 280 g/mol. The second-order valence-electron chi connectivity index (χ2n) is 5.16. The highest BCUT2D eigenvalue weighted by atomic mass is 32.2. The summed E-state index contributed by atoms with van der Waals surface area (Å²) in [6, 6.07) is -0.237. The molecule has 2 unspecified atom stereocenters. The molecule has 2 rings (SSSR count). The lowest BCUT2D eigenvalue weighted by atomic mass is 10.2. The van der Waals surface area contributed by atoms with E-state index in [0.29, 0.717) is 18.8 Å². The zero-order chi connectivity index (χ0) is 14.9. The van der Waals surface area contributed by atoms with Crippen LogP contribution in [0.3, 0.4) is 0 Å². The molecule has 1 aromatic rings. The van der Waals surface area contributed by atoms with Crippen molar-refractivity contribution in [3.8, 4) is 0 Å². The summed E-state index contributed by atoms with van der Waals surface area (Å²) < 4.78 is 34.6. The van der Waals surface area contributed by atoms with Crippen molar-refractivity contribution in [2.24, 2.45) is 0 Å². The first kappa shape index (κ1) is 15.4. The van der Waals surface area contributed by atoms with Crippen LogP contribution in [0, 0.1) is 6.92 Å². The van der Waals surface area contributed by atoms with Gasteiger partial charge in [-0.3, -0.25) is 4.68 Å². The maximum atomic E-state index is 12.5. The van der Waals surface area contributed by atoms with Gasteiger partial charge in [0.1, 0.15) is 4.90 Å². The summed E-state index contributed by atoms with van der Waals surface area (Å²) in [5.74, 6) is 0. The summed E-state index contributed by atoms with van der Waals surface area (Å²) in [5, 5.41) is 4.18. The van der Waals surface area contributed by atoms with Gasteiger partial charge in [0.2, 0.25) is 10.0 Å². The van der Waals surface area contributed by atoms with Crippen LogP contribution in [0.1, 0.15) is 12.6 Å². The molecule has 20 heavy (non-hydrogen) atoms. The van der Waals surface area contributed by atoms with Gasteiger partial charge in [0, 0.05) is 32.9 Å². The summed E-state index contributed by atoms with van der Waals surface area (Å²) in [7, 11) is -0.0223. The second kappa shape index (κ2) is 5.80. The molecule has 1 aromatic heterocycles. The molecule has 0 bridgehead atoms. The SMILES string of the molecule is CCn1cc(S(=O)(=O)NC2CN(C)CC2OC)c(C)n1. The van der Waals surface area contributed by atoms with Gasteiger partial charge in [0.15, 0.2) is 0 Å². The van der Waals surface area contributed by atoms with Gasteiger partial charge in [-0.25, -0.2) is 13.1 Å². The van der Waals surface area contributed by atoms with Gasteiger partial charge in [-0.05, 0) is 20.9 Å². The average molecular weight is 302 g/mol. The molecule has 0 aromatic carbocycles. The third-order valence-corrected chi connectivity index (χ3v) is 5.17. The van der Waals surface area contributed by atoms with Crippen LogP contribution in [-0.2, 0) is 21.3 Å². The highest BCUT2D eigenvalue weighted by Gasteiger charge is 2.35. The maximum Gasteiger partial charge on any atom is 0.244 e. The number of sulfonamides is 1. The number of hydrogen-bond acceptors (Lipinski definition) is 5. The zero-order valence-electron chi connectivity index (χ0n) is 12.3. The van der Waals surface area contributed by atoms with Crippen molar-refractivity contribution >= 4 is 10.0 Å². The van der Waals surface area contributed by atoms with E-state index in [4.69, 9.17) is 4.74 Å². The van der Waals surface area contributed by atoms with Gasteiger partial charge in [-0.2, -0.15) is 5.10 Å². The molecular formula is C12H22N4O3S. The lowest BCUT2D eigenvalue weighted by molar-refractivity contribution is 0.0969. The normalized spacial score (nSPS) is 24.4. The van der Waals surface area contributed by atoms with Gasteiger partial charge in [0.25, 0.3) is 0 Å². The topological polar surface area (TPSA) is 76.5 Å². The molecule has 0 aliphatic carbocycles. The number of rotatable bonds is 5. The summed E-state index contributed by atoms with van der Waals surface area (Å²) in [5.41, 5.74) is 0.514. The van der Waals surface area contributed by atoms with Gasteiger partial charge >= 0.3 is 0 Å². The predicted octanol–water partition coefficient (Wildman–Crippen LogP) is -0.181. The lowest BCUT2D eigenvalue weighted by Crippen LogP contribution is -2.43. The Morgan fingerprint density at radius 3 is 2.75 bits per heavy atom. The average Bonchev–Trinajstić information content (AvgIpc) is 2.92. The number of aromatic nitrogens is 2.